The van der Waals surface area contributed by atoms with Gasteiger partial charge in [0.15, 0.2) is 6.10 Å². The van der Waals surface area contributed by atoms with Crippen LogP contribution in [0.5, 0.6) is 0 Å². The fourth-order valence-corrected chi connectivity index (χ4v) is 6.39. The van der Waals surface area contributed by atoms with E-state index in [1.54, 1.807) is 6.07 Å². The highest BCUT2D eigenvalue weighted by molar-refractivity contribution is 8.01. The largest absolute Gasteiger partial charge is 0.448 e. The van der Waals surface area contributed by atoms with Crippen molar-refractivity contribution in [2.75, 3.05) is 11.5 Å². The molecule has 35 heavy (non-hydrogen) atoms. The minimum Gasteiger partial charge on any atom is -0.448 e. The molecule has 2 atom stereocenters. The van der Waals surface area contributed by atoms with Crippen LogP contribution in [0.4, 0.5) is 0 Å². The second-order valence-electron chi connectivity index (χ2n) is 8.07. The lowest BCUT2D eigenvalue weighted by molar-refractivity contribution is -0.153. The normalized spacial score (nSPS) is 19.4. The van der Waals surface area contributed by atoms with Crippen LogP contribution < -0.4 is 11.4 Å². The van der Waals surface area contributed by atoms with E-state index in [0.717, 1.165) is 16.7 Å². The van der Waals surface area contributed by atoms with E-state index in [9.17, 15) is 14.4 Å². The first kappa shape index (κ1) is 23.5. The number of hydrogen-bond donors (Lipinski definition) is 1. The molecule has 2 N–H and O–H groups in total. The Morgan fingerprint density at radius 2 is 1.74 bits per heavy atom. The number of amides is 1. The molecule has 0 bridgehead atoms. The van der Waals surface area contributed by atoms with Crippen molar-refractivity contribution in [2.45, 2.75) is 22.4 Å². The van der Waals surface area contributed by atoms with Crippen molar-refractivity contribution in [3.8, 4) is 0 Å². The lowest BCUT2D eigenvalue weighted by atomic mass is 10.0. The highest BCUT2D eigenvalue weighted by atomic mass is 32.2. The molecule has 0 radical (unpaired) electrons. The Morgan fingerprint density at radius 1 is 1.09 bits per heavy atom. The van der Waals surface area contributed by atoms with Crippen LogP contribution in [0, 0.1) is 0 Å². The summed E-state index contributed by atoms with van der Waals surface area (Å²) in [5, 5.41) is -0.297. The minimum absolute atomic E-state index is 0.243. The number of nitrogens with two attached hydrogens (primary N) is 1. The van der Waals surface area contributed by atoms with E-state index in [4.69, 9.17) is 14.9 Å². The Bertz CT molecular complexity index is 1290. The van der Waals surface area contributed by atoms with E-state index in [1.165, 1.54) is 40.8 Å². The number of esters is 1. The van der Waals surface area contributed by atoms with Gasteiger partial charge in [-0.15, -0.1) is 23.5 Å². The van der Waals surface area contributed by atoms with E-state index in [1.807, 2.05) is 60.7 Å². The number of benzene rings is 2. The molecule has 2 aliphatic heterocycles. The third-order valence-electron chi connectivity index (χ3n) is 5.80. The summed E-state index contributed by atoms with van der Waals surface area (Å²) >= 11 is 2.92. The number of ether oxygens (including phenoxy) is 1. The maximum Gasteiger partial charge on any atom is 0.356 e. The average Bonchev–Trinajstić information content (AvgIpc) is 2.90. The molecule has 5 rings (SSSR count). The van der Waals surface area contributed by atoms with Gasteiger partial charge < -0.3 is 14.9 Å². The lowest BCUT2D eigenvalue weighted by Crippen LogP contribution is -2.68. The van der Waals surface area contributed by atoms with Crippen molar-refractivity contribution in [2.24, 2.45) is 5.73 Å². The van der Waals surface area contributed by atoms with Crippen LogP contribution in [0.1, 0.15) is 17.2 Å². The van der Waals surface area contributed by atoms with Gasteiger partial charge in [-0.1, -0.05) is 60.7 Å². The molecule has 9 heteroatoms. The van der Waals surface area contributed by atoms with Gasteiger partial charge in [-0.25, -0.2) is 9.59 Å². The van der Waals surface area contributed by atoms with Crippen molar-refractivity contribution in [1.29, 1.82) is 0 Å². The highest BCUT2D eigenvalue weighted by Crippen LogP contribution is 2.42. The highest BCUT2D eigenvalue weighted by Gasteiger charge is 2.52. The van der Waals surface area contributed by atoms with Crippen LogP contribution in [-0.2, 0) is 14.3 Å². The van der Waals surface area contributed by atoms with Crippen molar-refractivity contribution >= 4 is 35.4 Å². The van der Waals surface area contributed by atoms with Crippen LogP contribution in [0.3, 0.4) is 0 Å². The quantitative estimate of drug-likeness (QED) is 0.295. The molecule has 3 heterocycles. The van der Waals surface area contributed by atoms with Gasteiger partial charge in [0.25, 0.3) is 0 Å². The number of carbonyl (C=O) groups excluding carboxylic acids is 2. The zero-order valence-electron chi connectivity index (χ0n) is 18.5. The average molecular weight is 507 g/mol. The summed E-state index contributed by atoms with van der Waals surface area (Å²) < 4.78 is 10.9. The predicted octanol–water partition coefficient (Wildman–Crippen LogP) is 3.56. The summed E-state index contributed by atoms with van der Waals surface area (Å²) in [6.07, 6.45) is 0.700. The van der Waals surface area contributed by atoms with Gasteiger partial charge in [-0.3, -0.25) is 9.69 Å². The zero-order valence-corrected chi connectivity index (χ0v) is 20.2. The van der Waals surface area contributed by atoms with Gasteiger partial charge in [0.05, 0.1) is 6.26 Å². The smallest absolute Gasteiger partial charge is 0.356 e. The SMILES string of the molecule is N[C@@H]1C(=O)N2C(C(=O)OC(c3ccccc3)c3ccccc3)=C(CSc3ccoc(=O)c3)CS[C@H]12. The molecule has 1 amide bonds. The van der Waals surface area contributed by atoms with E-state index in [-0.39, 0.29) is 17.0 Å². The van der Waals surface area contributed by atoms with Gasteiger partial charge in [-0.05, 0) is 22.8 Å². The second-order valence-corrected chi connectivity index (χ2v) is 10.2. The Morgan fingerprint density at radius 3 is 2.37 bits per heavy atom. The molecule has 2 aliphatic rings. The van der Waals surface area contributed by atoms with Crippen LogP contribution >= 0.6 is 23.5 Å². The number of rotatable bonds is 7. The van der Waals surface area contributed by atoms with Crippen molar-refractivity contribution in [3.63, 3.8) is 0 Å². The maximum atomic E-state index is 13.7. The number of nitrogens with zero attached hydrogens (tertiary/aromatic N) is 1. The van der Waals surface area contributed by atoms with Crippen LogP contribution in [0.25, 0.3) is 0 Å². The third-order valence-corrected chi connectivity index (χ3v) is 8.24. The molecule has 1 fully saturated rings. The standard InChI is InChI=1S/C26H22N2O5S2/c27-21-24(30)28-22(18(15-35-25(21)28)14-34-19-11-12-32-20(29)13-19)26(31)33-23(16-7-3-1-4-8-16)17-9-5-2-6-10-17/h1-13,21,23,25H,14-15,27H2/t21-,25-/m1/s1. The molecular formula is C26H22N2O5S2. The van der Waals surface area contributed by atoms with Crippen LogP contribution in [-0.4, -0.2) is 39.7 Å². The summed E-state index contributed by atoms with van der Waals surface area (Å²) in [6.45, 7) is 0. The third kappa shape index (κ3) is 4.80. The molecule has 0 saturated carbocycles. The Hall–Kier alpha value is -3.27. The first-order valence-electron chi connectivity index (χ1n) is 11.0. The molecule has 0 spiro atoms. The topological polar surface area (TPSA) is 103 Å². The molecule has 1 aromatic heterocycles. The fourth-order valence-electron chi connectivity index (χ4n) is 4.05. The predicted molar refractivity (Wildman–Crippen MR) is 135 cm³/mol. The minimum atomic E-state index is -0.644. The van der Waals surface area contributed by atoms with Gasteiger partial charge in [-0.2, -0.15) is 0 Å². The van der Waals surface area contributed by atoms with E-state index < -0.39 is 23.7 Å². The molecule has 2 aromatic carbocycles. The zero-order chi connectivity index (χ0) is 24.4. The first-order chi connectivity index (χ1) is 17.0. The first-order valence-corrected chi connectivity index (χ1v) is 13.0. The van der Waals surface area contributed by atoms with E-state index in [2.05, 4.69) is 0 Å². The van der Waals surface area contributed by atoms with Crippen molar-refractivity contribution in [1.82, 2.24) is 4.90 Å². The lowest BCUT2D eigenvalue weighted by Gasteiger charge is -2.48. The van der Waals surface area contributed by atoms with Gasteiger partial charge in [0.2, 0.25) is 5.91 Å². The summed E-state index contributed by atoms with van der Waals surface area (Å²) in [7, 11) is 0. The number of hydrogen-bond acceptors (Lipinski definition) is 8. The number of carbonyl (C=O) groups is 2. The second kappa shape index (κ2) is 10.2. The van der Waals surface area contributed by atoms with E-state index >= 15 is 0 Å². The molecular weight excluding hydrogens is 484 g/mol. The fraction of sp³-hybridized carbons (Fsp3) is 0.192. The molecule has 3 aromatic rings. The molecule has 7 nitrogen and oxygen atoms in total. The number of fused-ring (bicyclic) bond motifs is 1. The summed E-state index contributed by atoms with van der Waals surface area (Å²) in [5.74, 6) is 0.0699. The molecule has 1 saturated heterocycles. The summed E-state index contributed by atoms with van der Waals surface area (Å²) in [5.41, 5.74) is 8.22. The maximum absolute atomic E-state index is 13.7. The Balaban J connectivity index is 1.47. The van der Waals surface area contributed by atoms with Crippen molar-refractivity contribution < 1.29 is 18.7 Å². The van der Waals surface area contributed by atoms with Gasteiger partial charge in [0.1, 0.15) is 17.1 Å². The van der Waals surface area contributed by atoms with Crippen LogP contribution in [0.15, 0.2) is 104 Å². The summed E-state index contributed by atoms with van der Waals surface area (Å²) in [6, 6.07) is 21.4. The molecule has 178 valence electrons. The monoisotopic (exact) mass is 506 g/mol. The Labute approximate surface area is 210 Å². The molecule has 0 unspecified atom stereocenters. The summed E-state index contributed by atoms with van der Waals surface area (Å²) in [4.78, 5) is 40.1. The molecule has 0 aliphatic carbocycles. The number of β-lactam (4-membered cyclic amide) rings is 1. The Kier molecular flexibility index (Phi) is 6.81. The van der Waals surface area contributed by atoms with Crippen molar-refractivity contribution in [3.05, 3.63) is 112 Å². The van der Waals surface area contributed by atoms with Gasteiger partial charge in [0, 0.05) is 22.5 Å². The van der Waals surface area contributed by atoms with Crippen LogP contribution in [0.2, 0.25) is 0 Å². The van der Waals surface area contributed by atoms with E-state index in [0.29, 0.717) is 16.4 Å². The number of thioether (sulfide) groups is 2. The van der Waals surface area contributed by atoms with Gasteiger partial charge >= 0.3 is 11.6 Å².